The van der Waals surface area contributed by atoms with Gasteiger partial charge in [-0.3, -0.25) is 5.41 Å². The van der Waals surface area contributed by atoms with Crippen molar-refractivity contribution in [1.29, 1.82) is 5.41 Å². The topological polar surface area (TPSA) is 87.2 Å². The molecule has 1 aliphatic carbocycles. The summed E-state index contributed by atoms with van der Waals surface area (Å²) in [5.41, 5.74) is 5.33. The lowest BCUT2D eigenvalue weighted by molar-refractivity contribution is 0.368. The average molecular weight is 275 g/mol. The number of sulfonamides is 1. The number of nitrogens with two attached hydrogens (primary N) is 1. The Hall–Kier alpha value is -0.620. The van der Waals surface area contributed by atoms with Gasteiger partial charge in [0, 0.05) is 19.5 Å². The van der Waals surface area contributed by atoms with Gasteiger partial charge in [0.25, 0.3) is 0 Å². The molecular formula is C12H25N3O2S. The Kier molecular flexibility index (Phi) is 5.59. The molecule has 0 heterocycles. The van der Waals surface area contributed by atoms with Crippen LogP contribution in [0.25, 0.3) is 0 Å². The third-order valence-electron chi connectivity index (χ3n) is 3.28. The zero-order chi connectivity index (χ0) is 13.8. The van der Waals surface area contributed by atoms with Gasteiger partial charge in [0.15, 0.2) is 0 Å². The number of hydrogen-bond donors (Lipinski definition) is 2. The normalized spacial score (nSPS) is 17.8. The minimum absolute atomic E-state index is 0.0466. The molecule has 3 N–H and O–H groups in total. The second kappa shape index (κ2) is 6.52. The molecule has 0 unspecified atom stereocenters. The van der Waals surface area contributed by atoms with Gasteiger partial charge in [-0.25, -0.2) is 12.7 Å². The van der Waals surface area contributed by atoms with Gasteiger partial charge in [-0.05, 0) is 18.8 Å². The summed E-state index contributed by atoms with van der Waals surface area (Å²) in [6.07, 6.45) is 3.88. The van der Waals surface area contributed by atoms with E-state index in [1.54, 1.807) is 0 Å². The summed E-state index contributed by atoms with van der Waals surface area (Å²) in [5.74, 6) is 0.332. The van der Waals surface area contributed by atoms with E-state index >= 15 is 0 Å². The molecule has 0 saturated heterocycles. The average Bonchev–Trinajstić information content (AvgIpc) is 2.76. The van der Waals surface area contributed by atoms with Crippen LogP contribution in [0.4, 0.5) is 0 Å². The summed E-state index contributed by atoms with van der Waals surface area (Å²) in [4.78, 5) is 0. The summed E-state index contributed by atoms with van der Waals surface area (Å²) in [6, 6.07) is 0. The van der Waals surface area contributed by atoms with Crippen molar-refractivity contribution in [2.24, 2.45) is 11.7 Å². The zero-order valence-corrected chi connectivity index (χ0v) is 12.2. The van der Waals surface area contributed by atoms with E-state index in [0.717, 1.165) is 25.7 Å². The molecule has 18 heavy (non-hydrogen) atoms. The summed E-state index contributed by atoms with van der Waals surface area (Å²) < 4.78 is 26.5. The molecule has 0 aliphatic heterocycles. The van der Waals surface area contributed by atoms with Crippen molar-refractivity contribution in [2.75, 3.05) is 13.1 Å². The Labute approximate surface area is 110 Å². The van der Waals surface area contributed by atoms with Crippen LogP contribution in [0.1, 0.15) is 46.0 Å². The van der Waals surface area contributed by atoms with Crippen molar-refractivity contribution in [3.05, 3.63) is 0 Å². The van der Waals surface area contributed by atoms with Crippen LogP contribution in [-0.2, 0) is 10.0 Å². The van der Waals surface area contributed by atoms with Gasteiger partial charge in [0.2, 0.25) is 10.0 Å². The van der Waals surface area contributed by atoms with E-state index in [1.807, 2.05) is 13.8 Å². The van der Waals surface area contributed by atoms with Gasteiger partial charge in [-0.1, -0.05) is 26.7 Å². The van der Waals surface area contributed by atoms with Gasteiger partial charge >= 0.3 is 0 Å². The van der Waals surface area contributed by atoms with Crippen LogP contribution >= 0.6 is 0 Å². The fourth-order valence-corrected chi connectivity index (χ4v) is 4.57. The van der Waals surface area contributed by atoms with E-state index < -0.39 is 10.0 Å². The summed E-state index contributed by atoms with van der Waals surface area (Å²) in [5, 5.41) is 7.02. The summed E-state index contributed by atoms with van der Waals surface area (Å²) in [7, 11) is -3.21. The Bertz CT molecular complexity index is 373. The number of rotatable bonds is 7. The Morgan fingerprint density at radius 1 is 1.39 bits per heavy atom. The Morgan fingerprint density at radius 2 is 1.94 bits per heavy atom. The molecule has 6 heteroatoms. The lowest BCUT2D eigenvalue weighted by Crippen LogP contribution is -2.41. The minimum Gasteiger partial charge on any atom is -0.388 e. The SMILES string of the molecule is CC(C)CN(CCC(=N)N)S(=O)(=O)C1CCCC1. The first-order valence-corrected chi connectivity index (χ1v) is 8.16. The third-order valence-corrected chi connectivity index (χ3v) is 5.65. The monoisotopic (exact) mass is 275 g/mol. The maximum absolute atomic E-state index is 12.5. The van der Waals surface area contributed by atoms with E-state index in [1.165, 1.54) is 4.31 Å². The molecule has 0 spiro atoms. The van der Waals surface area contributed by atoms with Gasteiger partial charge in [0.1, 0.15) is 0 Å². The molecule has 1 saturated carbocycles. The lowest BCUT2D eigenvalue weighted by atomic mass is 10.2. The molecular weight excluding hydrogens is 250 g/mol. The molecule has 1 rings (SSSR count). The summed E-state index contributed by atoms with van der Waals surface area (Å²) in [6.45, 7) is 4.87. The van der Waals surface area contributed by atoms with Crippen LogP contribution in [0.15, 0.2) is 0 Å². The molecule has 0 aromatic rings. The highest BCUT2D eigenvalue weighted by Crippen LogP contribution is 2.27. The molecule has 106 valence electrons. The maximum Gasteiger partial charge on any atom is 0.217 e. The highest BCUT2D eigenvalue weighted by molar-refractivity contribution is 7.89. The standard InChI is InChI=1S/C12H25N3O2S/c1-10(2)9-15(8-7-12(13)14)18(16,17)11-5-3-4-6-11/h10-11H,3-9H2,1-2H3,(H3,13,14). The van der Waals surface area contributed by atoms with E-state index in [0.29, 0.717) is 19.5 Å². The number of hydrogen-bond acceptors (Lipinski definition) is 3. The van der Waals surface area contributed by atoms with E-state index in [4.69, 9.17) is 11.1 Å². The maximum atomic E-state index is 12.5. The molecule has 0 bridgehead atoms. The molecule has 0 atom stereocenters. The quantitative estimate of drug-likeness (QED) is 0.546. The number of amidine groups is 1. The largest absolute Gasteiger partial charge is 0.388 e. The third kappa shape index (κ3) is 4.24. The predicted octanol–water partition coefficient (Wildman–Crippen LogP) is 1.54. The van der Waals surface area contributed by atoms with Gasteiger partial charge in [-0.2, -0.15) is 0 Å². The molecule has 0 aromatic carbocycles. The number of nitrogens with zero attached hydrogens (tertiary/aromatic N) is 1. The first kappa shape index (κ1) is 15.4. The van der Waals surface area contributed by atoms with Crippen LogP contribution in [0.5, 0.6) is 0 Å². The Balaban J connectivity index is 2.76. The van der Waals surface area contributed by atoms with Crippen LogP contribution < -0.4 is 5.73 Å². The molecule has 1 fully saturated rings. The highest BCUT2D eigenvalue weighted by Gasteiger charge is 2.34. The molecule has 5 nitrogen and oxygen atoms in total. The zero-order valence-electron chi connectivity index (χ0n) is 11.4. The van der Waals surface area contributed by atoms with Crippen LogP contribution in [-0.4, -0.2) is 36.9 Å². The summed E-state index contributed by atoms with van der Waals surface area (Å²) >= 11 is 0. The molecule has 0 amide bonds. The lowest BCUT2D eigenvalue weighted by Gasteiger charge is -2.26. The smallest absolute Gasteiger partial charge is 0.217 e. The second-order valence-corrected chi connectivity index (χ2v) is 7.69. The van der Waals surface area contributed by atoms with Crippen molar-refractivity contribution < 1.29 is 8.42 Å². The first-order chi connectivity index (χ1) is 8.34. The van der Waals surface area contributed by atoms with Crippen molar-refractivity contribution in [1.82, 2.24) is 4.31 Å². The highest BCUT2D eigenvalue weighted by atomic mass is 32.2. The van der Waals surface area contributed by atoms with Crippen molar-refractivity contribution in [2.45, 2.75) is 51.2 Å². The minimum atomic E-state index is -3.21. The van der Waals surface area contributed by atoms with E-state index in [-0.39, 0.29) is 17.0 Å². The molecule has 1 aliphatic rings. The fraction of sp³-hybridized carbons (Fsp3) is 0.917. The van der Waals surface area contributed by atoms with E-state index in [9.17, 15) is 8.42 Å². The Morgan fingerprint density at radius 3 is 2.39 bits per heavy atom. The fourth-order valence-electron chi connectivity index (χ4n) is 2.37. The van der Waals surface area contributed by atoms with Crippen LogP contribution in [0.3, 0.4) is 0 Å². The number of nitrogens with one attached hydrogen (secondary N) is 1. The van der Waals surface area contributed by atoms with Gasteiger partial charge in [-0.15, -0.1) is 0 Å². The molecule has 0 aromatic heterocycles. The van der Waals surface area contributed by atoms with Crippen LogP contribution in [0.2, 0.25) is 0 Å². The van der Waals surface area contributed by atoms with Gasteiger partial charge < -0.3 is 5.73 Å². The van der Waals surface area contributed by atoms with E-state index in [2.05, 4.69) is 0 Å². The van der Waals surface area contributed by atoms with Gasteiger partial charge in [0.05, 0.1) is 11.1 Å². The van der Waals surface area contributed by atoms with Crippen molar-refractivity contribution in [3.8, 4) is 0 Å². The predicted molar refractivity (Wildman–Crippen MR) is 74.1 cm³/mol. The van der Waals surface area contributed by atoms with Crippen molar-refractivity contribution >= 4 is 15.9 Å². The van der Waals surface area contributed by atoms with Crippen LogP contribution in [0, 0.1) is 11.3 Å². The first-order valence-electron chi connectivity index (χ1n) is 6.66. The van der Waals surface area contributed by atoms with Crippen molar-refractivity contribution in [3.63, 3.8) is 0 Å². The second-order valence-electron chi connectivity index (χ2n) is 5.48. The molecule has 0 radical (unpaired) electrons.